The van der Waals surface area contributed by atoms with Gasteiger partial charge in [-0.05, 0) is 23.3 Å². The van der Waals surface area contributed by atoms with Crippen LogP contribution in [0.2, 0.25) is 0 Å². The Morgan fingerprint density at radius 2 is 1.25 bits per heavy atom. The van der Waals surface area contributed by atoms with Gasteiger partial charge in [0.2, 0.25) is 0 Å². The number of Topliss-reactive ketones (excluding diaryl/α,β-unsaturated/α-hetero) is 1. The number of nitrogens with one attached hydrogen (secondary N) is 2. The first kappa shape index (κ1) is 11.5. The molecule has 0 aliphatic carbocycles. The first-order valence-electron chi connectivity index (χ1n) is 7.04. The Hall–Kier alpha value is -2.29. The van der Waals surface area contributed by atoms with Gasteiger partial charge >= 0.3 is 0 Å². The predicted octanol–water partition coefficient (Wildman–Crippen LogP) is 2.63. The Balaban J connectivity index is 1.51. The van der Waals surface area contributed by atoms with Crippen molar-refractivity contribution in [2.24, 2.45) is 0 Å². The Morgan fingerprint density at radius 3 is 1.70 bits per heavy atom. The molecule has 0 amide bonds. The molecular formula is C17H16N2O. The highest BCUT2D eigenvalue weighted by Crippen LogP contribution is 2.30. The van der Waals surface area contributed by atoms with Crippen LogP contribution in [0, 0.1) is 0 Å². The number of carbonyl (C=O) groups excluding carboxylic acids is 1. The van der Waals surface area contributed by atoms with Crippen molar-refractivity contribution in [1.82, 2.24) is 0 Å². The molecule has 0 fully saturated rings. The van der Waals surface area contributed by atoms with Crippen molar-refractivity contribution in [3.8, 4) is 0 Å². The van der Waals surface area contributed by atoms with Gasteiger partial charge in [-0.15, -0.1) is 0 Å². The second-order valence-electron chi connectivity index (χ2n) is 5.52. The van der Waals surface area contributed by atoms with Crippen LogP contribution in [0.5, 0.6) is 0 Å². The van der Waals surface area contributed by atoms with E-state index in [1.54, 1.807) is 0 Å². The number of rotatable bonds is 2. The van der Waals surface area contributed by atoms with E-state index in [1.807, 2.05) is 36.4 Å². The van der Waals surface area contributed by atoms with E-state index in [0.29, 0.717) is 0 Å². The van der Waals surface area contributed by atoms with Crippen molar-refractivity contribution in [3.05, 3.63) is 59.7 Å². The van der Waals surface area contributed by atoms with Crippen molar-refractivity contribution in [2.45, 2.75) is 24.9 Å². The average Bonchev–Trinajstić information content (AvgIpc) is 3.10. The van der Waals surface area contributed by atoms with Gasteiger partial charge < -0.3 is 10.6 Å². The second-order valence-corrected chi connectivity index (χ2v) is 5.52. The molecule has 4 rings (SSSR count). The number of benzene rings is 2. The molecule has 3 nitrogen and oxygen atoms in total. The van der Waals surface area contributed by atoms with Gasteiger partial charge in [0.15, 0.2) is 5.78 Å². The van der Waals surface area contributed by atoms with E-state index in [9.17, 15) is 4.79 Å². The molecule has 3 heteroatoms. The molecule has 0 spiro atoms. The largest absolute Gasteiger partial charge is 0.375 e. The molecular weight excluding hydrogens is 248 g/mol. The fourth-order valence-corrected chi connectivity index (χ4v) is 3.18. The Morgan fingerprint density at radius 1 is 0.800 bits per heavy atom. The average molecular weight is 264 g/mol. The highest BCUT2D eigenvalue weighted by atomic mass is 16.1. The summed E-state index contributed by atoms with van der Waals surface area (Å²) < 4.78 is 0. The van der Waals surface area contributed by atoms with Crippen molar-refractivity contribution in [1.29, 1.82) is 0 Å². The third-order valence-electron chi connectivity index (χ3n) is 4.23. The third kappa shape index (κ3) is 1.78. The van der Waals surface area contributed by atoms with Gasteiger partial charge in [-0.25, -0.2) is 0 Å². The molecule has 2 heterocycles. The van der Waals surface area contributed by atoms with Crippen LogP contribution in [0.15, 0.2) is 48.5 Å². The van der Waals surface area contributed by atoms with E-state index in [2.05, 4.69) is 22.8 Å². The van der Waals surface area contributed by atoms with Gasteiger partial charge in [0.1, 0.15) is 0 Å². The number of para-hydroxylation sites is 2. The van der Waals surface area contributed by atoms with Crippen LogP contribution < -0.4 is 10.6 Å². The molecule has 0 radical (unpaired) electrons. The maximum Gasteiger partial charge on any atom is 0.177 e. The summed E-state index contributed by atoms with van der Waals surface area (Å²) in [5.74, 6) is 0.261. The molecule has 20 heavy (non-hydrogen) atoms. The van der Waals surface area contributed by atoms with Gasteiger partial charge in [-0.2, -0.15) is 0 Å². The standard InChI is InChI=1S/C17H16N2O/c20-17(15-9-11-5-1-3-7-13(11)18-15)16-10-12-6-2-4-8-14(12)19-16/h1-8,15-16,18-19H,9-10H2. The highest BCUT2D eigenvalue weighted by molar-refractivity contribution is 5.96. The zero-order valence-corrected chi connectivity index (χ0v) is 11.1. The van der Waals surface area contributed by atoms with Gasteiger partial charge in [0.05, 0.1) is 12.1 Å². The number of fused-ring (bicyclic) bond motifs is 2. The molecule has 2 aromatic carbocycles. The van der Waals surface area contributed by atoms with E-state index in [-0.39, 0.29) is 17.9 Å². The second kappa shape index (κ2) is 4.37. The number of hydrogen-bond acceptors (Lipinski definition) is 3. The van der Waals surface area contributed by atoms with Crippen LogP contribution in [0.4, 0.5) is 11.4 Å². The van der Waals surface area contributed by atoms with Crippen LogP contribution in [-0.2, 0) is 17.6 Å². The zero-order chi connectivity index (χ0) is 13.5. The molecule has 2 N–H and O–H groups in total. The normalized spacial score (nSPS) is 22.6. The van der Waals surface area contributed by atoms with Gasteiger partial charge in [0, 0.05) is 24.2 Å². The minimum absolute atomic E-state index is 0.0980. The molecule has 100 valence electrons. The lowest BCUT2D eigenvalue weighted by molar-refractivity contribution is -0.120. The topological polar surface area (TPSA) is 41.1 Å². The Bertz CT molecular complexity index is 573. The van der Waals surface area contributed by atoms with E-state index < -0.39 is 0 Å². The smallest absolute Gasteiger partial charge is 0.177 e. The minimum Gasteiger partial charge on any atom is -0.375 e. The summed E-state index contributed by atoms with van der Waals surface area (Å²) in [5, 5.41) is 6.70. The van der Waals surface area contributed by atoms with Gasteiger partial charge in [0.25, 0.3) is 0 Å². The van der Waals surface area contributed by atoms with Crippen LogP contribution in [0.25, 0.3) is 0 Å². The molecule has 2 aliphatic heterocycles. The summed E-state index contributed by atoms with van der Waals surface area (Å²) in [6.07, 6.45) is 1.59. The number of hydrogen-bond donors (Lipinski definition) is 2. The fraction of sp³-hybridized carbons (Fsp3) is 0.235. The molecule has 0 saturated carbocycles. The lowest BCUT2D eigenvalue weighted by Gasteiger charge is -2.16. The zero-order valence-electron chi connectivity index (χ0n) is 11.1. The van der Waals surface area contributed by atoms with Gasteiger partial charge in [-0.3, -0.25) is 4.79 Å². The molecule has 0 aromatic heterocycles. The quantitative estimate of drug-likeness (QED) is 0.876. The van der Waals surface area contributed by atoms with Crippen LogP contribution in [-0.4, -0.2) is 17.9 Å². The summed E-state index contributed by atoms with van der Waals surface area (Å²) in [6, 6.07) is 16.1. The van der Waals surface area contributed by atoms with Crippen LogP contribution in [0.1, 0.15) is 11.1 Å². The van der Waals surface area contributed by atoms with E-state index in [1.165, 1.54) is 11.1 Å². The summed E-state index contributed by atoms with van der Waals surface area (Å²) >= 11 is 0. The number of ketones is 1. The first-order valence-corrected chi connectivity index (χ1v) is 7.04. The molecule has 0 saturated heterocycles. The third-order valence-corrected chi connectivity index (χ3v) is 4.23. The Kier molecular flexibility index (Phi) is 2.52. The van der Waals surface area contributed by atoms with E-state index in [4.69, 9.17) is 0 Å². The summed E-state index contributed by atoms with van der Waals surface area (Å²) in [4.78, 5) is 12.7. The lowest BCUT2D eigenvalue weighted by atomic mass is 9.99. The monoisotopic (exact) mass is 264 g/mol. The molecule has 2 aromatic rings. The van der Waals surface area contributed by atoms with Crippen molar-refractivity contribution in [3.63, 3.8) is 0 Å². The molecule has 2 unspecified atom stereocenters. The summed E-state index contributed by atoms with van der Waals surface area (Å²) in [7, 11) is 0. The Labute approximate surface area is 118 Å². The summed E-state index contributed by atoms with van der Waals surface area (Å²) in [5.41, 5.74) is 4.67. The first-order chi connectivity index (χ1) is 9.81. The highest BCUT2D eigenvalue weighted by Gasteiger charge is 2.34. The van der Waals surface area contributed by atoms with Gasteiger partial charge in [-0.1, -0.05) is 36.4 Å². The van der Waals surface area contributed by atoms with Crippen molar-refractivity contribution < 1.29 is 4.79 Å². The van der Waals surface area contributed by atoms with E-state index >= 15 is 0 Å². The summed E-state index contributed by atoms with van der Waals surface area (Å²) in [6.45, 7) is 0. The van der Waals surface area contributed by atoms with Crippen LogP contribution in [0.3, 0.4) is 0 Å². The lowest BCUT2D eigenvalue weighted by Crippen LogP contribution is -2.39. The predicted molar refractivity (Wildman–Crippen MR) is 80.1 cm³/mol. The SMILES string of the molecule is O=C(C1Cc2ccccc2N1)C1Cc2ccccc2N1. The maximum atomic E-state index is 12.7. The molecule has 2 atom stereocenters. The molecule has 0 bridgehead atoms. The van der Waals surface area contributed by atoms with E-state index in [0.717, 1.165) is 24.2 Å². The maximum absolute atomic E-state index is 12.7. The van der Waals surface area contributed by atoms with Crippen molar-refractivity contribution >= 4 is 17.2 Å². The number of carbonyl (C=O) groups is 1. The van der Waals surface area contributed by atoms with Crippen LogP contribution >= 0.6 is 0 Å². The minimum atomic E-state index is -0.0980. The fourth-order valence-electron chi connectivity index (χ4n) is 3.18. The molecule has 2 aliphatic rings. The van der Waals surface area contributed by atoms with Crippen molar-refractivity contribution in [2.75, 3.05) is 10.6 Å². The number of anilines is 2.